The van der Waals surface area contributed by atoms with Crippen LogP contribution in [0.5, 0.6) is 0 Å². The maximum Gasteiger partial charge on any atom is 0.299 e. The summed E-state index contributed by atoms with van der Waals surface area (Å²) in [6, 6.07) is 3.45. The molecular formula is C11H18BrN3O2S. The number of nitrogen functional groups attached to an aromatic ring is 1. The van der Waals surface area contributed by atoms with Crippen LogP contribution >= 0.6 is 15.9 Å². The summed E-state index contributed by atoms with van der Waals surface area (Å²) in [6.45, 7) is 7.09. The lowest BCUT2D eigenvalue weighted by molar-refractivity contribution is 0.494. The number of aryl methyl sites for hydroxylation is 1. The molecule has 5 nitrogen and oxygen atoms in total. The Morgan fingerprint density at radius 3 is 2.28 bits per heavy atom. The van der Waals surface area contributed by atoms with Crippen LogP contribution < -0.4 is 15.2 Å². The van der Waals surface area contributed by atoms with Gasteiger partial charge in [0.05, 0.1) is 11.4 Å². The van der Waals surface area contributed by atoms with E-state index in [1.165, 1.54) is 0 Å². The number of rotatable bonds is 3. The summed E-state index contributed by atoms with van der Waals surface area (Å²) in [6.07, 6.45) is 0. The third kappa shape index (κ3) is 4.47. The minimum Gasteiger partial charge on any atom is -0.397 e. The first kappa shape index (κ1) is 15.3. The largest absolute Gasteiger partial charge is 0.397 e. The number of nitrogens with one attached hydrogen (secondary N) is 2. The van der Waals surface area contributed by atoms with Crippen molar-refractivity contribution in [2.45, 2.75) is 33.2 Å². The van der Waals surface area contributed by atoms with Crippen LogP contribution in [-0.4, -0.2) is 14.0 Å². The number of anilines is 2. The molecule has 0 aliphatic carbocycles. The molecule has 0 aliphatic rings. The van der Waals surface area contributed by atoms with Gasteiger partial charge in [0.1, 0.15) is 0 Å². The van der Waals surface area contributed by atoms with E-state index in [1.807, 2.05) is 0 Å². The Labute approximate surface area is 116 Å². The van der Waals surface area contributed by atoms with Gasteiger partial charge in [0.2, 0.25) is 0 Å². The lowest BCUT2D eigenvalue weighted by atomic mass is 10.1. The Kier molecular flexibility index (Phi) is 4.30. The molecule has 18 heavy (non-hydrogen) atoms. The Morgan fingerprint density at radius 2 is 1.83 bits per heavy atom. The van der Waals surface area contributed by atoms with Gasteiger partial charge in [0, 0.05) is 10.0 Å². The molecule has 0 aliphatic heterocycles. The summed E-state index contributed by atoms with van der Waals surface area (Å²) < 4.78 is 29.6. The van der Waals surface area contributed by atoms with Crippen molar-refractivity contribution < 1.29 is 8.42 Å². The van der Waals surface area contributed by atoms with Crippen molar-refractivity contribution in [3.8, 4) is 0 Å². The van der Waals surface area contributed by atoms with Crippen molar-refractivity contribution in [2.75, 3.05) is 10.5 Å². The van der Waals surface area contributed by atoms with E-state index in [9.17, 15) is 8.42 Å². The molecular weight excluding hydrogens is 318 g/mol. The smallest absolute Gasteiger partial charge is 0.299 e. The highest BCUT2D eigenvalue weighted by Gasteiger charge is 2.21. The lowest BCUT2D eigenvalue weighted by Crippen LogP contribution is -2.43. The lowest BCUT2D eigenvalue weighted by Gasteiger charge is -2.22. The van der Waals surface area contributed by atoms with Gasteiger partial charge in [-0.05, 0) is 45.4 Å². The Hall–Kier alpha value is -0.790. The second-order valence-electron chi connectivity index (χ2n) is 5.14. The third-order valence-electron chi connectivity index (χ3n) is 2.01. The van der Waals surface area contributed by atoms with Crippen LogP contribution in [0.1, 0.15) is 26.3 Å². The molecule has 0 spiro atoms. The monoisotopic (exact) mass is 335 g/mol. The molecule has 102 valence electrons. The average molecular weight is 336 g/mol. The van der Waals surface area contributed by atoms with Crippen molar-refractivity contribution in [1.82, 2.24) is 4.72 Å². The zero-order valence-corrected chi connectivity index (χ0v) is 13.2. The number of benzene rings is 1. The summed E-state index contributed by atoms with van der Waals surface area (Å²) in [4.78, 5) is 0. The maximum absolute atomic E-state index is 11.9. The second-order valence-corrected chi connectivity index (χ2v) is 7.48. The van der Waals surface area contributed by atoms with Crippen LogP contribution in [0.3, 0.4) is 0 Å². The zero-order valence-electron chi connectivity index (χ0n) is 10.8. The van der Waals surface area contributed by atoms with Gasteiger partial charge in [-0.1, -0.05) is 15.9 Å². The number of hydrogen-bond donors (Lipinski definition) is 3. The van der Waals surface area contributed by atoms with E-state index in [0.29, 0.717) is 11.4 Å². The molecule has 0 radical (unpaired) electrons. The highest BCUT2D eigenvalue weighted by molar-refractivity contribution is 9.10. The molecule has 1 rings (SSSR count). The maximum atomic E-state index is 11.9. The van der Waals surface area contributed by atoms with Gasteiger partial charge < -0.3 is 5.73 Å². The molecule has 4 N–H and O–H groups in total. The molecule has 0 bridgehead atoms. The normalized spacial score (nSPS) is 12.5. The van der Waals surface area contributed by atoms with E-state index in [0.717, 1.165) is 10.0 Å². The minimum atomic E-state index is -3.65. The van der Waals surface area contributed by atoms with Crippen molar-refractivity contribution >= 4 is 37.5 Å². The van der Waals surface area contributed by atoms with Gasteiger partial charge in [-0.2, -0.15) is 13.1 Å². The highest BCUT2D eigenvalue weighted by atomic mass is 79.9. The summed E-state index contributed by atoms with van der Waals surface area (Å²) in [5, 5.41) is 0. The highest BCUT2D eigenvalue weighted by Crippen LogP contribution is 2.28. The molecule has 0 fully saturated rings. The van der Waals surface area contributed by atoms with E-state index in [4.69, 9.17) is 5.73 Å². The molecule has 1 aromatic carbocycles. The molecule has 0 aromatic heterocycles. The van der Waals surface area contributed by atoms with Gasteiger partial charge in [0.25, 0.3) is 10.2 Å². The molecule has 0 heterocycles. The molecule has 1 aromatic rings. The summed E-state index contributed by atoms with van der Waals surface area (Å²) in [7, 11) is -3.65. The van der Waals surface area contributed by atoms with Crippen LogP contribution in [-0.2, 0) is 10.2 Å². The van der Waals surface area contributed by atoms with Crippen LogP contribution in [0.2, 0.25) is 0 Å². The molecule has 0 saturated carbocycles. The fourth-order valence-electron chi connectivity index (χ4n) is 1.47. The van der Waals surface area contributed by atoms with E-state index < -0.39 is 15.7 Å². The third-order valence-corrected chi connectivity index (χ3v) is 3.82. The fourth-order valence-corrected chi connectivity index (χ4v) is 3.47. The summed E-state index contributed by atoms with van der Waals surface area (Å²) in [5.74, 6) is 0. The standard InChI is InChI=1S/C11H18BrN3O2S/c1-7-5-8(12)6-9(13)10(7)14-18(16,17)15-11(2,3)4/h5-6,14-15H,13H2,1-4H3. The molecule has 0 unspecified atom stereocenters. The van der Waals surface area contributed by atoms with Gasteiger partial charge in [-0.25, -0.2) is 0 Å². The Morgan fingerprint density at radius 1 is 1.28 bits per heavy atom. The first-order valence-electron chi connectivity index (χ1n) is 5.37. The molecule has 0 atom stereocenters. The number of nitrogens with two attached hydrogens (primary N) is 1. The van der Waals surface area contributed by atoms with Gasteiger partial charge in [-0.3, -0.25) is 4.72 Å². The van der Waals surface area contributed by atoms with Crippen LogP contribution in [0.4, 0.5) is 11.4 Å². The van der Waals surface area contributed by atoms with E-state index in [-0.39, 0.29) is 0 Å². The van der Waals surface area contributed by atoms with Crippen LogP contribution in [0.15, 0.2) is 16.6 Å². The van der Waals surface area contributed by atoms with Gasteiger partial charge >= 0.3 is 0 Å². The molecule has 0 saturated heterocycles. The molecule has 7 heteroatoms. The predicted octanol–water partition coefficient (Wildman–Crippen LogP) is 2.38. The number of hydrogen-bond acceptors (Lipinski definition) is 3. The zero-order chi connectivity index (χ0) is 14.1. The quantitative estimate of drug-likeness (QED) is 0.741. The van der Waals surface area contributed by atoms with E-state index in [1.54, 1.807) is 39.8 Å². The van der Waals surface area contributed by atoms with E-state index >= 15 is 0 Å². The fraction of sp³-hybridized carbons (Fsp3) is 0.455. The van der Waals surface area contributed by atoms with E-state index in [2.05, 4.69) is 25.4 Å². The minimum absolute atomic E-state index is 0.376. The van der Waals surface area contributed by atoms with Crippen molar-refractivity contribution in [3.05, 3.63) is 22.2 Å². The predicted molar refractivity (Wildman–Crippen MR) is 78.7 cm³/mol. The van der Waals surface area contributed by atoms with Crippen molar-refractivity contribution in [3.63, 3.8) is 0 Å². The van der Waals surface area contributed by atoms with Crippen LogP contribution in [0, 0.1) is 6.92 Å². The molecule has 0 amide bonds. The Bertz CT molecular complexity index is 527. The Balaban J connectivity index is 3.06. The van der Waals surface area contributed by atoms with Crippen molar-refractivity contribution in [1.29, 1.82) is 0 Å². The van der Waals surface area contributed by atoms with Crippen LogP contribution in [0.25, 0.3) is 0 Å². The first-order chi connectivity index (χ1) is 8.00. The second kappa shape index (κ2) is 5.07. The van der Waals surface area contributed by atoms with Gasteiger partial charge in [-0.15, -0.1) is 0 Å². The number of halogens is 1. The SMILES string of the molecule is Cc1cc(Br)cc(N)c1NS(=O)(=O)NC(C)(C)C. The van der Waals surface area contributed by atoms with Gasteiger partial charge in [0.15, 0.2) is 0 Å². The summed E-state index contributed by atoms with van der Waals surface area (Å²) in [5.41, 5.74) is 6.78. The van der Waals surface area contributed by atoms with Crippen molar-refractivity contribution in [2.24, 2.45) is 0 Å². The average Bonchev–Trinajstić information content (AvgIpc) is 2.07. The topological polar surface area (TPSA) is 84.2 Å². The first-order valence-corrected chi connectivity index (χ1v) is 7.65. The summed E-state index contributed by atoms with van der Waals surface area (Å²) >= 11 is 3.30.